The molecule has 2 fully saturated rings. The van der Waals surface area contributed by atoms with Gasteiger partial charge in [-0.25, -0.2) is 0 Å². The SMILES string of the molecule is CSCC[C@@H]1NC(=O)[C@H](CC(C)C)N2CC[C@@H](NC(=O)[C@H](Cc3ccccc3)NC(=O)[C@H](Cc3cccc4ccccc34)NC(=O)[C@H](CCC(N)=O)NC1=O)C2=O. The third-order valence-corrected chi connectivity index (χ3v) is 11.0. The predicted octanol–water partition coefficient (Wildman–Crippen LogP) is 1.73. The van der Waals surface area contributed by atoms with E-state index in [0.717, 1.165) is 21.9 Å². The molecule has 304 valence electrons. The van der Waals surface area contributed by atoms with Crippen LogP contribution in [0.4, 0.5) is 0 Å². The Balaban J connectivity index is 1.57. The minimum Gasteiger partial charge on any atom is -0.370 e. The largest absolute Gasteiger partial charge is 0.370 e. The Morgan fingerprint density at radius 2 is 1.30 bits per heavy atom. The fraction of sp³-hybridized carbons (Fsp3) is 0.452. The fourth-order valence-corrected chi connectivity index (χ4v) is 7.81. The van der Waals surface area contributed by atoms with Gasteiger partial charge in [0, 0.05) is 25.8 Å². The second kappa shape index (κ2) is 20.1. The third-order valence-electron chi connectivity index (χ3n) is 10.3. The van der Waals surface area contributed by atoms with Gasteiger partial charge in [-0.2, -0.15) is 11.8 Å². The van der Waals surface area contributed by atoms with Crippen LogP contribution >= 0.6 is 11.8 Å². The molecule has 7 amide bonds. The molecule has 0 radical (unpaired) electrons. The van der Waals surface area contributed by atoms with Crippen LogP contribution in [0.25, 0.3) is 10.8 Å². The van der Waals surface area contributed by atoms with Crippen molar-refractivity contribution in [3.63, 3.8) is 0 Å². The van der Waals surface area contributed by atoms with Gasteiger partial charge in [-0.1, -0.05) is 86.6 Å². The minimum absolute atomic E-state index is 0.00677. The van der Waals surface area contributed by atoms with E-state index in [1.165, 1.54) is 16.7 Å². The topological polar surface area (TPSA) is 209 Å². The van der Waals surface area contributed by atoms with Crippen LogP contribution in [0.3, 0.4) is 0 Å². The summed E-state index contributed by atoms with van der Waals surface area (Å²) in [6, 6.07) is 15.6. The van der Waals surface area contributed by atoms with Gasteiger partial charge in [-0.05, 0) is 65.5 Å². The molecule has 0 aromatic heterocycles. The van der Waals surface area contributed by atoms with E-state index in [9.17, 15) is 33.6 Å². The van der Waals surface area contributed by atoms with E-state index in [0.29, 0.717) is 12.2 Å². The van der Waals surface area contributed by atoms with Crippen LogP contribution in [0.5, 0.6) is 0 Å². The molecule has 0 aliphatic carbocycles. The number of benzene rings is 3. The van der Waals surface area contributed by atoms with Crippen molar-refractivity contribution in [2.24, 2.45) is 11.7 Å². The Bertz CT molecular complexity index is 1940. The molecule has 2 heterocycles. The highest BCUT2D eigenvalue weighted by atomic mass is 32.2. The number of fused-ring (bicyclic) bond motifs is 3. The standard InChI is InChI=1S/C42H53N7O7S/c1-25(2)22-35-41(55)45-31(19-21-57-3)38(52)44-30(16-17-36(43)50)37(51)48-34(24-28-14-9-13-27-12-7-8-15-29(27)28)40(54)47-33(23-26-10-5-4-6-11-26)39(53)46-32-18-20-49(35)42(32)56/h4-15,25,30-35H,16-24H2,1-3H3,(H2,43,50)(H,44,52)(H,45,55)(H,46,53)(H,47,54)(H,48,51)/t30-,31-,32+,33-,34-,35-/m0/s1. The lowest BCUT2D eigenvalue weighted by molar-refractivity contribution is -0.141. The second-order valence-electron chi connectivity index (χ2n) is 15.1. The number of nitrogens with one attached hydrogen (secondary N) is 5. The van der Waals surface area contributed by atoms with E-state index in [1.807, 2.05) is 92.9 Å². The van der Waals surface area contributed by atoms with Crippen molar-refractivity contribution in [3.05, 3.63) is 83.9 Å². The summed E-state index contributed by atoms with van der Waals surface area (Å²) in [6.07, 6.45) is 2.23. The lowest BCUT2D eigenvalue weighted by Crippen LogP contribution is -2.61. The summed E-state index contributed by atoms with van der Waals surface area (Å²) in [5, 5.41) is 15.8. The van der Waals surface area contributed by atoms with E-state index < -0.39 is 77.6 Å². The molecule has 3 aromatic rings. The van der Waals surface area contributed by atoms with Crippen LogP contribution in [0.2, 0.25) is 0 Å². The molecule has 0 saturated carbocycles. The van der Waals surface area contributed by atoms with Crippen LogP contribution in [-0.2, 0) is 46.4 Å². The molecule has 0 unspecified atom stereocenters. The van der Waals surface area contributed by atoms with Crippen molar-refractivity contribution in [1.82, 2.24) is 31.5 Å². The molecule has 7 N–H and O–H groups in total. The zero-order chi connectivity index (χ0) is 41.1. The summed E-state index contributed by atoms with van der Waals surface area (Å²) in [5.74, 6) is -3.88. The maximum atomic E-state index is 14.5. The Kier molecular flexibility index (Phi) is 15.1. The normalized spacial score (nSPS) is 23.9. The molecule has 0 spiro atoms. The predicted molar refractivity (Wildman–Crippen MR) is 218 cm³/mol. The van der Waals surface area contributed by atoms with Crippen LogP contribution in [-0.4, -0.2) is 101 Å². The van der Waals surface area contributed by atoms with E-state index in [4.69, 9.17) is 5.73 Å². The molecule has 2 aliphatic heterocycles. The number of hydrogen-bond donors (Lipinski definition) is 6. The Morgan fingerprint density at radius 1 is 0.719 bits per heavy atom. The Labute approximate surface area is 337 Å². The number of rotatable bonds is 12. The average molecular weight is 800 g/mol. The lowest BCUT2D eigenvalue weighted by atomic mass is 9.97. The smallest absolute Gasteiger partial charge is 0.245 e. The molecule has 15 heteroatoms. The molecule has 2 bridgehead atoms. The van der Waals surface area contributed by atoms with E-state index in [2.05, 4.69) is 26.6 Å². The van der Waals surface area contributed by atoms with Crippen molar-refractivity contribution in [1.29, 1.82) is 0 Å². The van der Waals surface area contributed by atoms with Gasteiger partial charge in [0.25, 0.3) is 0 Å². The number of nitrogens with zero attached hydrogens (tertiary/aromatic N) is 1. The van der Waals surface area contributed by atoms with Crippen molar-refractivity contribution < 1.29 is 33.6 Å². The van der Waals surface area contributed by atoms with Gasteiger partial charge in [0.1, 0.15) is 36.3 Å². The summed E-state index contributed by atoms with van der Waals surface area (Å²) in [6.45, 7) is 4.03. The summed E-state index contributed by atoms with van der Waals surface area (Å²) in [5.41, 5.74) is 6.97. The maximum Gasteiger partial charge on any atom is 0.245 e. The highest BCUT2D eigenvalue weighted by molar-refractivity contribution is 7.98. The lowest BCUT2D eigenvalue weighted by Gasteiger charge is -2.31. The van der Waals surface area contributed by atoms with Crippen molar-refractivity contribution >= 4 is 63.9 Å². The number of carbonyl (C=O) groups excluding carboxylic acids is 7. The van der Waals surface area contributed by atoms with Crippen molar-refractivity contribution in [2.45, 2.75) is 95.0 Å². The number of thioether (sulfide) groups is 1. The van der Waals surface area contributed by atoms with Gasteiger partial charge in [-0.15, -0.1) is 0 Å². The highest BCUT2D eigenvalue weighted by Crippen LogP contribution is 2.23. The first-order chi connectivity index (χ1) is 27.3. The molecule has 2 saturated heterocycles. The summed E-state index contributed by atoms with van der Waals surface area (Å²) >= 11 is 1.46. The number of amides is 7. The van der Waals surface area contributed by atoms with Crippen LogP contribution in [0.15, 0.2) is 72.8 Å². The van der Waals surface area contributed by atoms with Crippen molar-refractivity contribution in [3.8, 4) is 0 Å². The first-order valence-corrected chi connectivity index (χ1v) is 20.8. The first kappa shape index (κ1) is 42.7. The number of hydrogen-bond acceptors (Lipinski definition) is 8. The summed E-state index contributed by atoms with van der Waals surface area (Å²) < 4.78 is 0. The molecule has 57 heavy (non-hydrogen) atoms. The van der Waals surface area contributed by atoms with Gasteiger partial charge < -0.3 is 37.2 Å². The van der Waals surface area contributed by atoms with Gasteiger partial charge >= 0.3 is 0 Å². The monoisotopic (exact) mass is 799 g/mol. The third kappa shape index (κ3) is 11.6. The second-order valence-corrected chi connectivity index (χ2v) is 16.1. The van der Waals surface area contributed by atoms with Crippen LogP contribution < -0.4 is 32.3 Å². The fourth-order valence-electron chi connectivity index (χ4n) is 7.34. The zero-order valence-corrected chi connectivity index (χ0v) is 33.4. The maximum absolute atomic E-state index is 14.5. The van der Waals surface area contributed by atoms with Crippen LogP contribution in [0.1, 0.15) is 57.1 Å². The van der Waals surface area contributed by atoms with E-state index in [-0.39, 0.29) is 51.0 Å². The zero-order valence-electron chi connectivity index (χ0n) is 32.6. The Hall–Kier alpha value is -5.44. The number of primary amides is 1. The molecule has 3 aromatic carbocycles. The molecule has 5 rings (SSSR count). The average Bonchev–Trinajstić information content (AvgIpc) is 3.54. The highest BCUT2D eigenvalue weighted by Gasteiger charge is 2.42. The number of carbonyl (C=O) groups is 7. The minimum atomic E-state index is -1.32. The summed E-state index contributed by atoms with van der Waals surface area (Å²) in [7, 11) is 0. The molecule has 14 nitrogen and oxygen atoms in total. The quantitative estimate of drug-likeness (QED) is 0.159. The van der Waals surface area contributed by atoms with Gasteiger partial charge in [0.15, 0.2) is 0 Å². The molecule has 6 atom stereocenters. The number of nitrogens with two attached hydrogens (primary N) is 1. The van der Waals surface area contributed by atoms with Gasteiger partial charge in [0.2, 0.25) is 41.4 Å². The van der Waals surface area contributed by atoms with Crippen LogP contribution in [0, 0.1) is 5.92 Å². The Morgan fingerprint density at radius 3 is 1.98 bits per heavy atom. The van der Waals surface area contributed by atoms with E-state index in [1.54, 1.807) is 0 Å². The first-order valence-electron chi connectivity index (χ1n) is 19.4. The molecular formula is C42H53N7O7S. The molecule has 2 aliphatic rings. The van der Waals surface area contributed by atoms with Gasteiger partial charge in [0.05, 0.1) is 0 Å². The summed E-state index contributed by atoms with van der Waals surface area (Å²) in [4.78, 5) is 98.3. The van der Waals surface area contributed by atoms with Gasteiger partial charge in [-0.3, -0.25) is 33.6 Å². The van der Waals surface area contributed by atoms with E-state index >= 15 is 0 Å². The molecular weight excluding hydrogens is 747 g/mol. The van der Waals surface area contributed by atoms with Crippen molar-refractivity contribution in [2.75, 3.05) is 18.6 Å².